The summed E-state index contributed by atoms with van der Waals surface area (Å²) in [5.74, 6) is 0.124. The number of nitrogens with two attached hydrogens (primary N) is 2. The molecule has 1 heterocycles. The Morgan fingerprint density at radius 1 is 1.12 bits per heavy atom. The SMILES string of the molecule is CCCc1cc2cc(C(Nc3ccc(/C(N)=N\NC(=O)OCC(Cl)(Cl)Cl)cc3)C(=O)NS(N)(=O)=O)cc(OCC)c2o1. The van der Waals surface area contributed by atoms with E-state index in [0.29, 0.717) is 46.6 Å². The van der Waals surface area contributed by atoms with Gasteiger partial charge in [-0.3, -0.25) is 4.79 Å². The van der Waals surface area contributed by atoms with Gasteiger partial charge < -0.3 is 24.9 Å². The van der Waals surface area contributed by atoms with Crippen LogP contribution >= 0.6 is 34.8 Å². The number of amides is 2. The van der Waals surface area contributed by atoms with Crippen LogP contribution in [0.1, 0.15) is 43.2 Å². The first-order chi connectivity index (χ1) is 19.7. The number of benzene rings is 2. The number of hydrogen-bond acceptors (Lipinski definition) is 9. The van der Waals surface area contributed by atoms with Gasteiger partial charge in [-0.25, -0.2) is 20.1 Å². The van der Waals surface area contributed by atoms with E-state index in [4.69, 9.17) is 59.6 Å². The number of carbonyl (C=O) groups is 2. The lowest BCUT2D eigenvalue weighted by atomic mass is 10.0. The summed E-state index contributed by atoms with van der Waals surface area (Å²) in [6.45, 7) is 3.65. The number of anilines is 1. The number of ether oxygens (including phenoxy) is 2. The second-order valence-electron chi connectivity index (χ2n) is 8.80. The third-order valence-electron chi connectivity index (χ3n) is 5.42. The van der Waals surface area contributed by atoms with Gasteiger partial charge in [0.15, 0.2) is 17.2 Å². The summed E-state index contributed by atoms with van der Waals surface area (Å²) in [4.78, 5) is 24.8. The van der Waals surface area contributed by atoms with E-state index in [2.05, 4.69) is 15.8 Å². The van der Waals surface area contributed by atoms with Crippen LogP contribution in [0.3, 0.4) is 0 Å². The lowest BCUT2D eigenvalue weighted by Gasteiger charge is -2.20. The lowest BCUT2D eigenvalue weighted by Crippen LogP contribution is -2.41. The highest BCUT2D eigenvalue weighted by Crippen LogP contribution is 2.34. The van der Waals surface area contributed by atoms with Crippen LogP contribution in [-0.4, -0.2) is 43.3 Å². The van der Waals surface area contributed by atoms with Crippen LogP contribution in [0.2, 0.25) is 0 Å². The Kier molecular flexibility index (Phi) is 11.2. The zero-order valence-electron chi connectivity index (χ0n) is 22.4. The fourth-order valence-corrected chi connectivity index (χ4v) is 4.31. The molecule has 3 aromatic rings. The van der Waals surface area contributed by atoms with Crippen molar-refractivity contribution in [3.05, 3.63) is 59.4 Å². The van der Waals surface area contributed by atoms with E-state index in [9.17, 15) is 18.0 Å². The average Bonchev–Trinajstić information content (AvgIpc) is 3.31. The number of aryl methyl sites for hydroxylation is 1. The minimum Gasteiger partial charge on any atom is -0.490 e. The van der Waals surface area contributed by atoms with Crippen LogP contribution < -0.4 is 31.1 Å². The molecule has 0 radical (unpaired) electrons. The molecular weight excluding hydrogens is 635 g/mol. The molecule has 13 nitrogen and oxygen atoms in total. The summed E-state index contributed by atoms with van der Waals surface area (Å²) in [6, 6.07) is 10.1. The molecule has 1 unspecified atom stereocenters. The highest BCUT2D eigenvalue weighted by Gasteiger charge is 2.26. The molecule has 7 N–H and O–H groups in total. The van der Waals surface area contributed by atoms with E-state index in [1.165, 1.54) is 0 Å². The van der Waals surface area contributed by atoms with Gasteiger partial charge >= 0.3 is 6.09 Å². The molecule has 42 heavy (non-hydrogen) atoms. The maximum atomic E-state index is 13.1. The van der Waals surface area contributed by atoms with Gasteiger partial charge in [-0.2, -0.15) is 13.5 Å². The van der Waals surface area contributed by atoms with Gasteiger partial charge in [0.1, 0.15) is 18.4 Å². The van der Waals surface area contributed by atoms with Crippen LogP contribution in [-0.2, 0) is 26.2 Å². The smallest absolute Gasteiger partial charge is 0.427 e. The third-order valence-corrected chi connectivity index (χ3v) is 6.23. The fourth-order valence-electron chi connectivity index (χ4n) is 3.75. The number of alkyl halides is 3. The van der Waals surface area contributed by atoms with Crippen LogP contribution in [0, 0.1) is 0 Å². The van der Waals surface area contributed by atoms with E-state index < -0.39 is 38.7 Å². The molecule has 228 valence electrons. The van der Waals surface area contributed by atoms with Crippen LogP contribution in [0.4, 0.5) is 10.5 Å². The van der Waals surface area contributed by atoms with E-state index in [-0.39, 0.29) is 5.84 Å². The molecular formula is C25H29Cl3N6O7S. The highest BCUT2D eigenvalue weighted by atomic mass is 35.6. The van der Waals surface area contributed by atoms with Crippen molar-refractivity contribution in [2.75, 3.05) is 18.5 Å². The summed E-state index contributed by atoms with van der Waals surface area (Å²) in [6.07, 6.45) is 0.571. The number of nitrogens with one attached hydrogen (secondary N) is 3. The van der Waals surface area contributed by atoms with Gasteiger partial charge in [-0.1, -0.05) is 41.7 Å². The lowest BCUT2D eigenvalue weighted by molar-refractivity contribution is -0.120. The second-order valence-corrected chi connectivity index (χ2v) is 12.6. The first kappa shape index (κ1) is 33.1. The fraction of sp³-hybridized carbons (Fsp3) is 0.320. The van der Waals surface area contributed by atoms with Crippen molar-refractivity contribution in [1.29, 1.82) is 0 Å². The molecule has 1 aromatic heterocycles. The molecule has 0 bridgehead atoms. The number of hydrazone groups is 1. The van der Waals surface area contributed by atoms with Crippen LogP contribution in [0.5, 0.6) is 5.75 Å². The predicted molar refractivity (Wildman–Crippen MR) is 161 cm³/mol. The van der Waals surface area contributed by atoms with Gasteiger partial charge in [0.05, 0.1) is 6.61 Å². The molecule has 0 aliphatic rings. The first-order valence-corrected chi connectivity index (χ1v) is 15.1. The molecule has 0 aliphatic carbocycles. The van der Waals surface area contributed by atoms with Crippen molar-refractivity contribution >= 4 is 79.5 Å². The highest BCUT2D eigenvalue weighted by molar-refractivity contribution is 7.87. The van der Waals surface area contributed by atoms with Gasteiger partial charge in [-0.05, 0) is 61.4 Å². The summed E-state index contributed by atoms with van der Waals surface area (Å²) in [7, 11) is -4.37. The van der Waals surface area contributed by atoms with Crippen molar-refractivity contribution in [1.82, 2.24) is 10.1 Å². The Morgan fingerprint density at radius 3 is 2.40 bits per heavy atom. The topological polar surface area (TPSA) is 200 Å². The Bertz CT molecular complexity index is 1560. The number of furan rings is 1. The average molecular weight is 664 g/mol. The Morgan fingerprint density at radius 2 is 1.81 bits per heavy atom. The monoisotopic (exact) mass is 662 g/mol. The van der Waals surface area contributed by atoms with E-state index >= 15 is 0 Å². The quantitative estimate of drug-likeness (QED) is 0.0823. The summed E-state index contributed by atoms with van der Waals surface area (Å²) < 4.78 is 39.8. The number of amidine groups is 1. The molecule has 0 spiro atoms. The Hall–Kier alpha value is -3.43. The Labute approximate surface area is 257 Å². The molecule has 0 saturated carbocycles. The number of rotatable bonds is 12. The summed E-state index contributed by atoms with van der Waals surface area (Å²) in [5.41, 5.74) is 9.70. The maximum Gasteiger partial charge on any atom is 0.427 e. The number of hydrogen-bond donors (Lipinski definition) is 5. The molecule has 17 heteroatoms. The van der Waals surface area contributed by atoms with Crippen molar-refractivity contribution < 1.29 is 31.9 Å². The van der Waals surface area contributed by atoms with Crippen molar-refractivity contribution in [2.24, 2.45) is 16.0 Å². The maximum absolute atomic E-state index is 13.1. The van der Waals surface area contributed by atoms with Crippen molar-refractivity contribution in [3.63, 3.8) is 0 Å². The largest absolute Gasteiger partial charge is 0.490 e. The molecule has 1 atom stereocenters. The molecule has 3 rings (SSSR count). The standard InChI is InChI=1S/C25H29Cl3N6O7S/c1-3-5-18-11-16-10-15(12-19(39-4-2)21(16)41-18)20(23(35)34-42(30,37)38)31-17-8-6-14(7-9-17)22(29)32-33-24(36)40-13-25(26,27)28/h6-12,20,31H,3-5,13H2,1-2H3,(H2,29,32)(H,33,36)(H,34,35)(H2,30,37,38). The number of halogens is 3. The number of fused-ring (bicyclic) bond motifs is 1. The van der Waals surface area contributed by atoms with Gasteiger partial charge in [0.25, 0.3) is 16.1 Å². The second kappa shape index (κ2) is 14.2. The molecule has 0 fully saturated rings. The van der Waals surface area contributed by atoms with E-state index in [0.717, 1.165) is 12.2 Å². The minimum atomic E-state index is -4.37. The van der Waals surface area contributed by atoms with Gasteiger partial charge in [0.2, 0.25) is 3.79 Å². The van der Waals surface area contributed by atoms with E-state index in [1.54, 1.807) is 43.3 Å². The molecule has 2 amide bonds. The van der Waals surface area contributed by atoms with Crippen molar-refractivity contribution in [3.8, 4) is 5.75 Å². The van der Waals surface area contributed by atoms with Crippen LogP contribution in [0.15, 0.2) is 52.0 Å². The molecule has 0 saturated heterocycles. The first-order valence-electron chi connectivity index (χ1n) is 12.4. The van der Waals surface area contributed by atoms with Crippen LogP contribution in [0.25, 0.3) is 11.0 Å². The molecule has 2 aromatic carbocycles. The summed E-state index contributed by atoms with van der Waals surface area (Å²) in [5, 5.41) is 12.5. The zero-order valence-corrected chi connectivity index (χ0v) is 25.5. The predicted octanol–water partition coefficient (Wildman–Crippen LogP) is 3.97. The summed E-state index contributed by atoms with van der Waals surface area (Å²) >= 11 is 16.6. The third kappa shape index (κ3) is 9.84. The normalized spacial score (nSPS) is 13.0. The molecule has 0 aliphatic heterocycles. The van der Waals surface area contributed by atoms with Crippen molar-refractivity contribution in [2.45, 2.75) is 36.5 Å². The van der Waals surface area contributed by atoms with E-state index in [1.807, 2.05) is 17.7 Å². The minimum absolute atomic E-state index is 0.0782. The number of nitrogens with zero attached hydrogens (tertiary/aromatic N) is 1. The number of carbonyl (C=O) groups excluding carboxylic acids is 2. The zero-order chi connectivity index (χ0) is 31.1. The Balaban J connectivity index is 1.88. The van der Waals surface area contributed by atoms with Gasteiger partial charge in [0, 0.05) is 23.1 Å². The van der Waals surface area contributed by atoms with Gasteiger partial charge in [-0.15, -0.1) is 0 Å².